The SMILES string of the molecule is Cc1cccn2c(=O)c(/C=C3\SC(=S)N(C(C)C)C3=O)c(N3C[C@H](C)O[C@@H](C)C3)nc12. The van der Waals surface area contributed by atoms with Crippen LogP contribution in [0.1, 0.15) is 38.8 Å². The standard InChI is InChI=1S/C22H26N4O3S2/c1-12(2)26-21(28)17(31-22(26)30)9-16-19(24-10-14(4)29-15(5)11-24)23-18-13(3)7-6-8-25(18)20(16)27/h6-9,12,14-15H,10-11H2,1-5H3/b17-9-/t14-,15-/m0/s1. The number of pyridine rings is 1. The van der Waals surface area contributed by atoms with Crippen molar-refractivity contribution in [3.05, 3.63) is 44.7 Å². The van der Waals surface area contributed by atoms with Gasteiger partial charge < -0.3 is 9.64 Å². The van der Waals surface area contributed by atoms with Crippen molar-refractivity contribution < 1.29 is 9.53 Å². The minimum Gasteiger partial charge on any atom is -0.372 e. The van der Waals surface area contributed by atoms with E-state index in [0.29, 0.717) is 39.3 Å². The van der Waals surface area contributed by atoms with Gasteiger partial charge in [-0.25, -0.2) is 4.98 Å². The molecule has 0 N–H and O–H groups in total. The van der Waals surface area contributed by atoms with Crippen LogP contribution in [0.2, 0.25) is 0 Å². The zero-order valence-electron chi connectivity index (χ0n) is 18.3. The number of aryl methyl sites for hydroxylation is 1. The van der Waals surface area contributed by atoms with Crippen LogP contribution in [0.15, 0.2) is 28.0 Å². The lowest BCUT2D eigenvalue weighted by atomic mass is 10.1. The molecular formula is C22H26N4O3S2. The second-order valence-corrected chi connectivity index (χ2v) is 10.0. The summed E-state index contributed by atoms with van der Waals surface area (Å²) < 4.78 is 7.92. The number of carbonyl (C=O) groups excluding carboxylic acids is 1. The fourth-order valence-electron chi connectivity index (χ4n) is 4.07. The van der Waals surface area contributed by atoms with Gasteiger partial charge in [0, 0.05) is 25.3 Å². The summed E-state index contributed by atoms with van der Waals surface area (Å²) in [5, 5.41) is 0. The maximum Gasteiger partial charge on any atom is 0.267 e. The van der Waals surface area contributed by atoms with Crippen molar-refractivity contribution in [3.63, 3.8) is 0 Å². The van der Waals surface area contributed by atoms with Gasteiger partial charge in [-0.3, -0.25) is 18.9 Å². The first-order chi connectivity index (χ1) is 14.7. The molecule has 0 spiro atoms. The van der Waals surface area contributed by atoms with Crippen LogP contribution in [-0.2, 0) is 9.53 Å². The van der Waals surface area contributed by atoms with Gasteiger partial charge in [0.15, 0.2) is 0 Å². The topological polar surface area (TPSA) is 67.2 Å². The van der Waals surface area contributed by atoms with Crippen LogP contribution in [0.3, 0.4) is 0 Å². The molecule has 9 heteroatoms. The smallest absolute Gasteiger partial charge is 0.267 e. The number of aromatic nitrogens is 2. The van der Waals surface area contributed by atoms with Gasteiger partial charge in [-0.05, 0) is 52.3 Å². The molecule has 2 aromatic rings. The van der Waals surface area contributed by atoms with Gasteiger partial charge in [-0.15, -0.1) is 0 Å². The van der Waals surface area contributed by atoms with Gasteiger partial charge in [0.1, 0.15) is 15.8 Å². The van der Waals surface area contributed by atoms with Crippen molar-refractivity contribution in [2.24, 2.45) is 0 Å². The molecule has 31 heavy (non-hydrogen) atoms. The van der Waals surface area contributed by atoms with E-state index >= 15 is 0 Å². The predicted octanol–water partition coefficient (Wildman–Crippen LogP) is 3.23. The third-order valence-electron chi connectivity index (χ3n) is 5.40. The molecule has 7 nitrogen and oxygen atoms in total. The van der Waals surface area contributed by atoms with Crippen molar-refractivity contribution in [2.75, 3.05) is 18.0 Å². The molecule has 2 aliphatic heterocycles. The molecule has 0 aliphatic carbocycles. The zero-order chi connectivity index (χ0) is 22.4. The lowest BCUT2D eigenvalue weighted by Crippen LogP contribution is -2.46. The third-order valence-corrected chi connectivity index (χ3v) is 6.73. The third kappa shape index (κ3) is 4.02. The number of rotatable bonds is 3. The Morgan fingerprint density at radius 1 is 1.26 bits per heavy atom. The minimum atomic E-state index is -0.203. The summed E-state index contributed by atoms with van der Waals surface area (Å²) in [6, 6.07) is 3.72. The summed E-state index contributed by atoms with van der Waals surface area (Å²) in [5.41, 5.74) is 1.72. The fraction of sp³-hybridized carbons (Fsp3) is 0.455. The van der Waals surface area contributed by atoms with E-state index in [-0.39, 0.29) is 29.7 Å². The fourth-order valence-corrected chi connectivity index (χ4v) is 5.58. The first-order valence-electron chi connectivity index (χ1n) is 10.4. The van der Waals surface area contributed by atoms with Crippen LogP contribution >= 0.6 is 24.0 Å². The van der Waals surface area contributed by atoms with Crippen LogP contribution in [-0.4, -0.2) is 55.9 Å². The number of carbonyl (C=O) groups is 1. The Kier molecular flexibility index (Phi) is 5.93. The lowest BCUT2D eigenvalue weighted by molar-refractivity contribution is -0.123. The van der Waals surface area contributed by atoms with E-state index in [1.807, 2.05) is 46.8 Å². The second kappa shape index (κ2) is 8.37. The number of hydrogen-bond donors (Lipinski definition) is 0. The Hall–Kier alpha value is -2.23. The number of hydrogen-bond acceptors (Lipinski definition) is 7. The van der Waals surface area contributed by atoms with Crippen LogP contribution in [0.25, 0.3) is 11.7 Å². The molecular weight excluding hydrogens is 432 g/mol. The molecule has 0 unspecified atom stereocenters. The number of anilines is 1. The maximum atomic E-state index is 13.6. The Labute approximate surface area is 191 Å². The highest BCUT2D eigenvalue weighted by molar-refractivity contribution is 8.26. The zero-order valence-corrected chi connectivity index (χ0v) is 19.9. The second-order valence-electron chi connectivity index (χ2n) is 8.35. The summed E-state index contributed by atoms with van der Waals surface area (Å²) in [6.45, 7) is 11.0. The number of nitrogens with zero attached hydrogens (tertiary/aromatic N) is 4. The number of thiocarbonyl (C=S) groups is 1. The van der Waals surface area contributed by atoms with E-state index in [9.17, 15) is 9.59 Å². The number of fused-ring (bicyclic) bond motifs is 1. The molecule has 2 saturated heterocycles. The minimum absolute atomic E-state index is 0.00729. The lowest BCUT2D eigenvalue weighted by Gasteiger charge is -2.36. The molecule has 164 valence electrons. The van der Waals surface area contributed by atoms with Crippen molar-refractivity contribution in [3.8, 4) is 0 Å². The highest BCUT2D eigenvalue weighted by atomic mass is 32.2. The van der Waals surface area contributed by atoms with Crippen LogP contribution in [0.4, 0.5) is 5.82 Å². The van der Waals surface area contributed by atoms with Crippen molar-refractivity contribution in [1.82, 2.24) is 14.3 Å². The van der Waals surface area contributed by atoms with Crippen LogP contribution in [0, 0.1) is 6.92 Å². The number of amides is 1. The first kappa shape index (κ1) is 22.0. The average molecular weight is 459 g/mol. The molecule has 4 rings (SSSR count). The Morgan fingerprint density at radius 3 is 2.55 bits per heavy atom. The molecule has 4 heterocycles. The predicted molar refractivity (Wildman–Crippen MR) is 129 cm³/mol. The molecule has 2 fully saturated rings. The van der Waals surface area contributed by atoms with E-state index in [4.69, 9.17) is 21.9 Å². The highest BCUT2D eigenvalue weighted by Gasteiger charge is 2.35. The highest BCUT2D eigenvalue weighted by Crippen LogP contribution is 2.35. The van der Waals surface area contributed by atoms with Gasteiger partial charge in [-0.2, -0.15) is 0 Å². The molecule has 1 amide bonds. The average Bonchev–Trinajstić information content (AvgIpc) is 2.97. The van der Waals surface area contributed by atoms with Gasteiger partial charge in [-0.1, -0.05) is 30.0 Å². The molecule has 2 aliphatic rings. The summed E-state index contributed by atoms with van der Waals surface area (Å²) in [6.07, 6.45) is 3.38. The first-order valence-corrected chi connectivity index (χ1v) is 11.6. The molecule has 0 bridgehead atoms. The van der Waals surface area contributed by atoms with E-state index in [1.54, 1.807) is 21.6 Å². The molecule has 0 saturated carbocycles. The van der Waals surface area contributed by atoms with Gasteiger partial charge in [0.25, 0.3) is 11.5 Å². The van der Waals surface area contributed by atoms with Crippen LogP contribution in [0.5, 0.6) is 0 Å². The van der Waals surface area contributed by atoms with Gasteiger partial charge >= 0.3 is 0 Å². The maximum absolute atomic E-state index is 13.6. The van der Waals surface area contributed by atoms with E-state index in [0.717, 1.165) is 5.56 Å². The quantitative estimate of drug-likeness (QED) is 0.517. The van der Waals surface area contributed by atoms with E-state index in [1.165, 1.54) is 11.8 Å². The Bertz CT molecular complexity index is 1150. The summed E-state index contributed by atoms with van der Waals surface area (Å²) in [7, 11) is 0. The van der Waals surface area contributed by atoms with E-state index in [2.05, 4.69) is 4.90 Å². The van der Waals surface area contributed by atoms with Gasteiger partial charge in [0.05, 0.1) is 22.7 Å². The molecule has 2 atom stereocenters. The molecule has 0 radical (unpaired) electrons. The van der Waals surface area contributed by atoms with E-state index < -0.39 is 0 Å². The molecule has 0 aromatic carbocycles. The number of morpholine rings is 1. The Morgan fingerprint density at radius 2 is 1.94 bits per heavy atom. The van der Waals surface area contributed by atoms with Crippen LogP contribution < -0.4 is 10.5 Å². The molecule has 2 aromatic heterocycles. The summed E-state index contributed by atoms with van der Waals surface area (Å²) >= 11 is 6.63. The Balaban J connectivity index is 1.92. The largest absolute Gasteiger partial charge is 0.372 e. The monoisotopic (exact) mass is 458 g/mol. The number of thioether (sulfide) groups is 1. The normalized spacial score (nSPS) is 23.6. The van der Waals surface area contributed by atoms with Crippen molar-refractivity contribution in [1.29, 1.82) is 0 Å². The van der Waals surface area contributed by atoms with Crippen molar-refractivity contribution in [2.45, 2.75) is 52.9 Å². The number of ether oxygens (including phenoxy) is 1. The van der Waals surface area contributed by atoms with Crippen molar-refractivity contribution >= 4 is 51.7 Å². The summed E-state index contributed by atoms with van der Waals surface area (Å²) in [4.78, 5) is 35.5. The summed E-state index contributed by atoms with van der Waals surface area (Å²) in [5.74, 6) is 0.407. The van der Waals surface area contributed by atoms with Gasteiger partial charge in [0.2, 0.25) is 0 Å².